The Morgan fingerprint density at radius 1 is 1.00 bits per heavy atom. The number of sulfone groups is 1. The third kappa shape index (κ3) is 7.65. The van der Waals surface area contributed by atoms with Crippen LogP contribution in [0, 0.1) is 0 Å². The lowest BCUT2D eigenvalue weighted by Gasteiger charge is -2.12. The molecular formula is C19H20F3NO5S. The molecule has 6 nitrogen and oxygen atoms in total. The molecule has 0 fully saturated rings. The van der Waals surface area contributed by atoms with Crippen molar-refractivity contribution in [2.75, 3.05) is 6.26 Å². The predicted octanol–water partition coefficient (Wildman–Crippen LogP) is 3.00. The number of nitrogens with two attached hydrogens (primary N) is 1. The first-order valence-corrected chi connectivity index (χ1v) is 10.4. The molecule has 29 heavy (non-hydrogen) atoms. The number of primary amides is 1. The Hall–Kier alpha value is -2.75. The Labute approximate surface area is 166 Å². The van der Waals surface area contributed by atoms with Crippen LogP contribution in [0.5, 0.6) is 11.5 Å². The molecule has 2 aromatic rings. The zero-order valence-electron chi connectivity index (χ0n) is 15.5. The van der Waals surface area contributed by atoms with Crippen LogP contribution in [0.25, 0.3) is 0 Å². The van der Waals surface area contributed by atoms with Gasteiger partial charge >= 0.3 is 6.36 Å². The highest BCUT2D eigenvalue weighted by atomic mass is 32.2. The zero-order chi connectivity index (χ0) is 21.7. The smallest absolute Gasteiger partial charge is 0.489 e. The lowest BCUT2D eigenvalue weighted by molar-refractivity contribution is -0.274. The Morgan fingerprint density at radius 2 is 1.52 bits per heavy atom. The second-order valence-corrected chi connectivity index (χ2v) is 8.61. The number of ether oxygens (including phenoxy) is 2. The van der Waals surface area contributed by atoms with Gasteiger partial charge < -0.3 is 15.2 Å². The first-order valence-electron chi connectivity index (χ1n) is 8.48. The van der Waals surface area contributed by atoms with Crippen molar-refractivity contribution in [2.45, 2.75) is 31.1 Å². The van der Waals surface area contributed by atoms with Crippen LogP contribution >= 0.6 is 0 Å². The van der Waals surface area contributed by atoms with Crippen LogP contribution in [0.3, 0.4) is 0 Å². The lowest BCUT2D eigenvalue weighted by atomic mass is 10.1. The van der Waals surface area contributed by atoms with Gasteiger partial charge in [-0.2, -0.15) is 0 Å². The van der Waals surface area contributed by atoms with Gasteiger partial charge in [0.1, 0.15) is 23.4 Å². The second kappa shape index (κ2) is 9.17. The molecule has 2 aromatic carbocycles. The van der Waals surface area contributed by atoms with Gasteiger partial charge in [0.2, 0.25) is 5.91 Å². The summed E-state index contributed by atoms with van der Waals surface area (Å²) in [7, 11) is -3.57. The Kier molecular flexibility index (Phi) is 7.12. The average molecular weight is 431 g/mol. The molecular weight excluding hydrogens is 411 g/mol. The molecule has 0 aliphatic rings. The van der Waals surface area contributed by atoms with E-state index in [2.05, 4.69) is 4.74 Å². The number of rotatable bonds is 9. The maximum Gasteiger partial charge on any atom is 0.573 e. The van der Waals surface area contributed by atoms with Crippen molar-refractivity contribution in [3.8, 4) is 11.5 Å². The van der Waals surface area contributed by atoms with E-state index in [4.69, 9.17) is 10.5 Å². The highest BCUT2D eigenvalue weighted by Crippen LogP contribution is 2.23. The van der Waals surface area contributed by atoms with Gasteiger partial charge in [0.25, 0.3) is 0 Å². The number of carbonyl (C=O) groups excluding carboxylic acids is 1. The van der Waals surface area contributed by atoms with E-state index < -0.39 is 27.4 Å². The maximum absolute atomic E-state index is 12.1. The minimum absolute atomic E-state index is 0.0840. The van der Waals surface area contributed by atoms with Crippen LogP contribution in [0.1, 0.15) is 17.5 Å². The molecule has 1 atom stereocenters. The van der Waals surface area contributed by atoms with E-state index in [9.17, 15) is 26.4 Å². The number of amides is 1. The molecule has 0 saturated heterocycles. The zero-order valence-corrected chi connectivity index (χ0v) is 16.3. The fourth-order valence-corrected chi connectivity index (χ4v) is 3.54. The van der Waals surface area contributed by atoms with Gasteiger partial charge in [-0.3, -0.25) is 4.79 Å². The standard InChI is InChI=1S/C19H20F3NO5S/c1-29(25,26)17(18(23)24)11-6-13-2-7-15(8-3-13)27-12-14-4-9-16(10-5-14)28-19(20,21)22/h2-5,7-10,17H,6,11-12H2,1H3,(H2,23,24). The monoisotopic (exact) mass is 431 g/mol. The normalized spacial score (nSPS) is 13.0. The van der Waals surface area contributed by atoms with E-state index in [1.807, 2.05) is 0 Å². The Balaban J connectivity index is 1.88. The first kappa shape index (κ1) is 22.5. The molecule has 0 aliphatic carbocycles. The molecule has 0 aromatic heterocycles. The first-order chi connectivity index (χ1) is 13.4. The van der Waals surface area contributed by atoms with Gasteiger partial charge in [-0.15, -0.1) is 13.2 Å². The van der Waals surface area contributed by atoms with Crippen LogP contribution in [0.15, 0.2) is 48.5 Å². The fraction of sp³-hybridized carbons (Fsp3) is 0.316. The molecule has 0 heterocycles. The molecule has 0 saturated carbocycles. The Morgan fingerprint density at radius 3 is 2.00 bits per heavy atom. The summed E-state index contributed by atoms with van der Waals surface area (Å²) in [5.74, 6) is -0.660. The minimum Gasteiger partial charge on any atom is -0.489 e. The van der Waals surface area contributed by atoms with Crippen molar-refractivity contribution in [1.29, 1.82) is 0 Å². The van der Waals surface area contributed by atoms with Crippen LogP contribution in [-0.4, -0.2) is 32.2 Å². The van der Waals surface area contributed by atoms with Crippen LogP contribution in [-0.2, 0) is 27.7 Å². The summed E-state index contributed by atoms with van der Waals surface area (Å²) in [5.41, 5.74) is 6.60. The molecule has 2 rings (SSSR count). The molecule has 0 spiro atoms. The summed E-state index contributed by atoms with van der Waals surface area (Å²) in [5, 5.41) is -1.23. The van der Waals surface area contributed by atoms with E-state index in [1.54, 1.807) is 24.3 Å². The number of benzene rings is 2. The lowest BCUT2D eigenvalue weighted by Crippen LogP contribution is -2.35. The fourth-order valence-electron chi connectivity index (χ4n) is 2.57. The third-order valence-corrected chi connectivity index (χ3v) is 5.52. The number of hydrogen-bond donors (Lipinski definition) is 1. The van der Waals surface area contributed by atoms with Crippen molar-refractivity contribution >= 4 is 15.7 Å². The molecule has 0 radical (unpaired) electrons. The van der Waals surface area contributed by atoms with Crippen LogP contribution < -0.4 is 15.2 Å². The van der Waals surface area contributed by atoms with Gasteiger partial charge in [-0.05, 0) is 48.2 Å². The maximum atomic E-state index is 12.1. The summed E-state index contributed by atoms with van der Waals surface area (Å²) in [6.45, 7) is 0.142. The highest BCUT2D eigenvalue weighted by Gasteiger charge is 2.31. The van der Waals surface area contributed by atoms with Crippen LogP contribution in [0.4, 0.5) is 13.2 Å². The SMILES string of the molecule is CS(=O)(=O)C(CCc1ccc(OCc2ccc(OC(F)(F)F)cc2)cc1)C(N)=O. The van der Waals surface area contributed by atoms with Gasteiger partial charge in [0.15, 0.2) is 9.84 Å². The Bertz CT molecular complexity index is 926. The molecule has 1 amide bonds. The number of halogens is 3. The molecule has 0 aliphatic heterocycles. The van der Waals surface area contributed by atoms with Gasteiger partial charge in [-0.25, -0.2) is 8.42 Å². The largest absolute Gasteiger partial charge is 0.573 e. The number of carbonyl (C=O) groups is 1. The number of aryl methyl sites for hydroxylation is 1. The summed E-state index contributed by atoms with van der Waals surface area (Å²) in [6.07, 6.45) is -3.33. The van der Waals surface area contributed by atoms with E-state index in [0.29, 0.717) is 17.7 Å². The van der Waals surface area contributed by atoms with Gasteiger partial charge in [0.05, 0.1) is 0 Å². The number of alkyl halides is 3. The van der Waals surface area contributed by atoms with E-state index in [-0.39, 0.29) is 18.8 Å². The summed E-state index contributed by atoms with van der Waals surface area (Å²) >= 11 is 0. The predicted molar refractivity (Wildman–Crippen MR) is 100 cm³/mol. The van der Waals surface area contributed by atoms with E-state index >= 15 is 0 Å². The third-order valence-electron chi connectivity index (χ3n) is 4.02. The average Bonchev–Trinajstić information content (AvgIpc) is 2.59. The van der Waals surface area contributed by atoms with Crippen LogP contribution in [0.2, 0.25) is 0 Å². The number of hydrogen-bond acceptors (Lipinski definition) is 5. The van der Waals surface area contributed by atoms with Crippen molar-refractivity contribution in [1.82, 2.24) is 0 Å². The van der Waals surface area contributed by atoms with Crippen molar-refractivity contribution in [3.05, 3.63) is 59.7 Å². The quantitative estimate of drug-likeness (QED) is 0.659. The topological polar surface area (TPSA) is 95.7 Å². The van der Waals surface area contributed by atoms with Crippen molar-refractivity contribution < 1.29 is 35.9 Å². The summed E-state index contributed by atoms with van der Waals surface area (Å²) < 4.78 is 68.9. The molecule has 158 valence electrons. The minimum atomic E-state index is -4.74. The molecule has 10 heteroatoms. The molecule has 0 bridgehead atoms. The highest BCUT2D eigenvalue weighted by molar-refractivity contribution is 7.92. The van der Waals surface area contributed by atoms with Gasteiger partial charge in [0, 0.05) is 6.26 Å². The van der Waals surface area contributed by atoms with Gasteiger partial charge in [-0.1, -0.05) is 24.3 Å². The summed E-state index contributed by atoms with van der Waals surface area (Å²) in [6, 6.07) is 12.1. The van der Waals surface area contributed by atoms with E-state index in [0.717, 1.165) is 11.8 Å². The van der Waals surface area contributed by atoms with Crippen molar-refractivity contribution in [2.24, 2.45) is 5.73 Å². The summed E-state index contributed by atoms with van der Waals surface area (Å²) in [4.78, 5) is 11.3. The van der Waals surface area contributed by atoms with Crippen molar-refractivity contribution in [3.63, 3.8) is 0 Å². The molecule has 2 N–H and O–H groups in total. The molecule has 1 unspecified atom stereocenters. The second-order valence-electron chi connectivity index (χ2n) is 6.38. The van der Waals surface area contributed by atoms with E-state index in [1.165, 1.54) is 24.3 Å².